The summed E-state index contributed by atoms with van der Waals surface area (Å²) in [6.45, 7) is 11.2. The first kappa shape index (κ1) is 24.2. The number of carbonyl (C=O) groups is 1. The van der Waals surface area contributed by atoms with E-state index >= 15 is 0 Å². The second-order valence-electron chi connectivity index (χ2n) is 8.12. The number of hydrogen-bond acceptors (Lipinski definition) is 5. The number of benzene rings is 2. The topological polar surface area (TPSA) is 105 Å². The molecule has 0 atom stereocenters. The number of amides is 1. The Labute approximate surface area is 194 Å². The van der Waals surface area contributed by atoms with E-state index in [1.165, 1.54) is 4.68 Å². The Hall–Kier alpha value is -3.46. The maximum Gasteiger partial charge on any atom is 0.277 e. The van der Waals surface area contributed by atoms with Crippen molar-refractivity contribution in [3.8, 4) is 0 Å². The molecule has 0 spiro atoms. The predicted molar refractivity (Wildman–Crippen MR) is 130 cm³/mol. The number of rotatable bonds is 6. The normalized spacial score (nSPS) is 12.0. The summed E-state index contributed by atoms with van der Waals surface area (Å²) < 4.78 is 27.7. The van der Waals surface area contributed by atoms with E-state index in [2.05, 4.69) is 20.3 Å². The smallest absolute Gasteiger partial charge is 0.277 e. The second kappa shape index (κ2) is 9.19. The van der Waals surface area contributed by atoms with E-state index in [9.17, 15) is 13.2 Å². The summed E-state index contributed by atoms with van der Waals surface area (Å²) in [5.74, 6) is -0.293. The first-order chi connectivity index (χ1) is 15.4. The number of nitrogens with one attached hydrogen (secondary N) is 2. The summed E-state index contributed by atoms with van der Waals surface area (Å²) in [6.07, 6.45) is 1.55. The summed E-state index contributed by atoms with van der Waals surface area (Å²) in [5, 5.41) is 11.0. The van der Waals surface area contributed by atoms with Crippen LogP contribution in [-0.4, -0.2) is 29.8 Å². The van der Waals surface area contributed by atoms with Crippen molar-refractivity contribution in [1.82, 2.24) is 14.6 Å². The van der Waals surface area contributed by atoms with Crippen LogP contribution in [0.5, 0.6) is 0 Å². The van der Waals surface area contributed by atoms with E-state index in [0.717, 1.165) is 27.8 Å². The minimum absolute atomic E-state index is 0.261. The van der Waals surface area contributed by atoms with Gasteiger partial charge in [0.2, 0.25) is 0 Å². The summed E-state index contributed by atoms with van der Waals surface area (Å²) in [4.78, 5) is 15.1. The lowest BCUT2D eigenvalue weighted by Gasteiger charge is -2.18. The average molecular weight is 468 g/mol. The van der Waals surface area contributed by atoms with Gasteiger partial charge < -0.3 is 5.32 Å². The van der Waals surface area contributed by atoms with Crippen LogP contribution < -0.4 is 10.1 Å². The molecular formula is C24H29N5O3S. The van der Waals surface area contributed by atoms with Crippen molar-refractivity contribution in [3.05, 3.63) is 75.6 Å². The number of sulfonamides is 1. The second-order valence-corrected chi connectivity index (χ2v) is 9.72. The molecule has 0 radical (unpaired) electrons. The molecule has 0 aliphatic carbocycles. The monoisotopic (exact) mass is 467 g/mol. The van der Waals surface area contributed by atoms with Crippen molar-refractivity contribution < 1.29 is 13.2 Å². The average Bonchev–Trinajstić information content (AvgIpc) is 3.21. The van der Waals surface area contributed by atoms with Gasteiger partial charge >= 0.3 is 0 Å². The summed E-state index contributed by atoms with van der Waals surface area (Å²) in [6, 6.07) is 8.67. The number of hydrogen-bond donors (Lipinski definition) is 2. The maximum atomic E-state index is 13.1. The minimum Gasteiger partial charge on any atom is -0.321 e. The first-order valence-corrected chi connectivity index (χ1v) is 11.9. The van der Waals surface area contributed by atoms with Gasteiger partial charge in [-0.3, -0.25) is 9.48 Å². The Balaban J connectivity index is 1.85. The standard InChI is InChI=1S/C24H29N5O3S/c1-14-15(2)17(4)23(18(5)16(14)3)33(31,32)28-27-19(6)20-9-8-10-21(13-20)26-24(30)22-11-12-25-29(22)7/h8-13,28H,1-7H3,(H,26,30)/b27-19+. The van der Waals surface area contributed by atoms with Crippen LogP contribution in [0.1, 0.15) is 50.8 Å². The number of aromatic nitrogens is 2. The highest BCUT2D eigenvalue weighted by atomic mass is 32.2. The molecule has 0 saturated heterocycles. The number of nitrogens with zero attached hydrogens (tertiary/aromatic N) is 3. The van der Waals surface area contributed by atoms with Gasteiger partial charge in [-0.1, -0.05) is 12.1 Å². The van der Waals surface area contributed by atoms with Crippen molar-refractivity contribution in [2.24, 2.45) is 12.1 Å². The Bertz CT molecular complexity index is 1340. The Kier molecular flexibility index (Phi) is 6.73. The number of aryl methyl sites for hydroxylation is 1. The lowest BCUT2D eigenvalue weighted by atomic mass is 9.95. The van der Waals surface area contributed by atoms with Crippen LogP contribution in [0.3, 0.4) is 0 Å². The molecule has 0 aliphatic rings. The molecule has 174 valence electrons. The zero-order valence-electron chi connectivity index (χ0n) is 19.9. The van der Waals surface area contributed by atoms with Gasteiger partial charge in [-0.25, -0.2) is 0 Å². The van der Waals surface area contributed by atoms with Gasteiger partial charge in [-0.05, 0) is 93.1 Å². The van der Waals surface area contributed by atoms with Crippen molar-refractivity contribution >= 4 is 27.3 Å². The van der Waals surface area contributed by atoms with Crippen LogP contribution in [0.2, 0.25) is 0 Å². The molecular weight excluding hydrogens is 438 g/mol. The molecule has 2 aromatic carbocycles. The molecule has 1 amide bonds. The summed E-state index contributed by atoms with van der Waals surface area (Å²) >= 11 is 0. The predicted octanol–water partition coefficient (Wildman–Crippen LogP) is 3.92. The van der Waals surface area contributed by atoms with E-state index in [0.29, 0.717) is 22.7 Å². The Morgan fingerprint density at radius 2 is 1.58 bits per heavy atom. The molecule has 8 nitrogen and oxygen atoms in total. The molecule has 0 saturated carbocycles. The fourth-order valence-electron chi connectivity index (χ4n) is 3.72. The minimum atomic E-state index is -3.87. The third-order valence-corrected chi connectivity index (χ3v) is 7.61. The molecule has 1 heterocycles. The van der Waals surface area contributed by atoms with E-state index < -0.39 is 10.0 Å². The van der Waals surface area contributed by atoms with Crippen LogP contribution in [-0.2, 0) is 17.1 Å². The van der Waals surface area contributed by atoms with Crippen molar-refractivity contribution in [1.29, 1.82) is 0 Å². The van der Waals surface area contributed by atoms with Crippen molar-refractivity contribution in [2.45, 2.75) is 46.4 Å². The Morgan fingerprint density at radius 3 is 2.15 bits per heavy atom. The zero-order chi connectivity index (χ0) is 24.5. The van der Waals surface area contributed by atoms with E-state index in [1.54, 1.807) is 50.5 Å². The van der Waals surface area contributed by atoms with Gasteiger partial charge in [0, 0.05) is 18.9 Å². The van der Waals surface area contributed by atoms with Crippen LogP contribution in [0.15, 0.2) is 46.5 Å². The van der Waals surface area contributed by atoms with Gasteiger partial charge in [-0.15, -0.1) is 0 Å². The fourth-order valence-corrected chi connectivity index (χ4v) is 5.18. The van der Waals surface area contributed by atoms with Crippen molar-refractivity contribution in [3.63, 3.8) is 0 Å². The number of anilines is 1. The SMILES string of the molecule is C/C(=N\NS(=O)(=O)c1c(C)c(C)c(C)c(C)c1C)c1cccc(NC(=O)c2ccnn2C)c1. The van der Waals surface area contributed by atoms with Crippen LogP contribution >= 0.6 is 0 Å². The van der Waals surface area contributed by atoms with Crippen LogP contribution in [0.4, 0.5) is 5.69 Å². The molecule has 0 bridgehead atoms. The van der Waals surface area contributed by atoms with Gasteiger partial charge in [0.25, 0.3) is 15.9 Å². The molecule has 3 aromatic rings. The third kappa shape index (κ3) is 4.83. The summed E-state index contributed by atoms with van der Waals surface area (Å²) in [7, 11) is -2.18. The molecule has 0 unspecified atom stereocenters. The fraction of sp³-hybridized carbons (Fsp3) is 0.292. The van der Waals surface area contributed by atoms with E-state index in [4.69, 9.17) is 0 Å². The first-order valence-electron chi connectivity index (χ1n) is 10.5. The van der Waals surface area contributed by atoms with Crippen molar-refractivity contribution in [2.75, 3.05) is 5.32 Å². The van der Waals surface area contributed by atoms with Gasteiger partial charge in [0.1, 0.15) is 5.69 Å². The number of hydrazone groups is 1. The van der Waals surface area contributed by atoms with Gasteiger partial charge in [-0.2, -0.15) is 23.4 Å². The highest BCUT2D eigenvalue weighted by Gasteiger charge is 2.23. The van der Waals surface area contributed by atoms with E-state index in [-0.39, 0.29) is 10.8 Å². The third-order valence-electron chi connectivity index (χ3n) is 6.13. The molecule has 9 heteroatoms. The Morgan fingerprint density at radius 1 is 0.970 bits per heavy atom. The molecule has 3 rings (SSSR count). The van der Waals surface area contributed by atoms with Crippen LogP contribution in [0.25, 0.3) is 0 Å². The quantitative estimate of drug-likeness (QED) is 0.423. The molecule has 2 N–H and O–H groups in total. The summed E-state index contributed by atoms with van der Waals surface area (Å²) in [5.41, 5.74) is 6.56. The molecule has 33 heavy (non-hydrogen) atoms. The van der Waals surface area contributed by atoms with Crippen LogP contribution in [0, 0.1) is 34.6 Å². The highest BCUT2D eigenvalue weighted by Crippen LogP contribution is 2.29. The molecule has 0 aliphatic heterocycles. The van der Waals surface area contributed by atoms with Gasteiger partial charge in [0.05, 0.1) is 10.6 Å². The molecule has 1 aromatic heterocycles. The number of carbonyl (C=O) groups excluding carboxylic acids is 1. The zero-order valence-corrected chi connectivity index (χ0v) is 20.8. The lowest BCUT2D eigenvalue weighted by molar-refractivity contribution is 0.101. The largest absolute Gasteiger partial charge is 0.321 e. The highest BCUT2D eigenvalue weighted by molar-refractivity contribution is 7.89. The molecule has 0 fully saturated rings. The maximum absolute atomic E-state index is 13.1. The van der Waals surface area contributed by atoms with E-state index in [1.807, 2.05) is 34.6 Å². The lowest BCUT2D eigenvalue weighted by Crippen LogP contribution is -2.23. The van der Waals surface area contributed by atoms with Gasteiger partial charge in [0.15, 0.2) is 0 Å².